The second-order valence-corrected chi connectivity index (χ2v) is 9.82. The van der Waals surface area contributed by atoms with Gasteiger partial charge in [-0.05, 0) is 58.8 Å². The number of carbonyl (C=O) groups excluding carboxylic acids is 3. The van der Waals surface area contributed by atoms with E-state index in [9.17, 15) is 19.2 Å². The molecule has 2 aliphatic heterocycles. The molecule has 2 unspecified atom stereocenters. The highest BCUT2D eigenvalue weighted by Crippen LogP contribution is 2.25. The number of likely N-dealkylation sites (tertiary alicyclic amines) is 2. The topological polar surface area (TPSA) is 142 Å². The minimum atomic E-state index is -1.16. The molecule has 10 nitrogen and oxygen atoms in total. The molecule has 0 saturated carbocycles. The van der Waals surface area contributed by atoms with Gasteiger partial charge in [0.25, 0.3) is 0 Å². The van der Waals surface area contributed by atoms with Gasteiger partial charge in [0.15, 0.2) is 0 Å². The van der Waals surface area contributed by atoms with Crippen molar-refractivity contribution in [1.82, 2.24) is 15.1 Å². The number of carbonyl (C=O) groups is 4. The van der Waals surface area contributed by atoms with Crippen LogP contribution in [0.4, 0.5) is 4.79 Å². The molecule has 2 aliphatic rings. The summed E-state index contributed by atoms with van der Waals surface area (Å²) in [7, 11) is 0. The lowest BCUT2D eigenvalue weighted by Crippen LogP contribution is -2.48. The summed E-state index contributed by atoms with van der Waals surface area (Å²) in [6.07, 6.45) is 4.01. The maximum absolute atomic E-state index is 12.7. The van der Waals surface area contributed by atoms with E-state index < -0.39 is 17.6 Å². The Morgan fingerprint density at radius 2 is 1.75 bits per heavy atom. The number of ether oxygens (including phenoxy) is 1. The Morgan fingerprint density at radius 3 is 2.34 bits per heavy atom. The molecule has 2 rings (SSSR count). The lowest BCUT2D eigenvalue weighted by Gasteiger charge is -2.34. The van der Waals surface area contributed by atoms with Crippen LogP contribution in [0.15, 0.2) is 0 Å². The van der Waals surface area contributed by atoms with Gasteiger partial charge in [0.05, 0.1) is 5.92 Å². The van der Waals surface area contributed by atoms with Gasteiger partial charge in [0.1, 0.15) is 11.6 Å². The van der Waals surface area contributed by atoms with Crippen LogP contribution in [0.1, 0.15) is 59.3 Å². The molecule has 182 valence electrons. The molecule has 0 radical (unpaired) electrons. The minimum absolute atomic E-state index is 0.0410. The Morgan fingerprint density at radius 1 is 1.09 bits per heavy atom. The van der Waals surface area contributed by atoms with E-state index in [1.54, 1.807) is 9.80 Å². The van der Waals surface area contributed by atoms with Crippen molar-refractivity contribution in [3.8, 4) is 0 Å². The van der Waals surface area contributed by atoms with Gasteiger partial charge in [0.2, 0.25) is 11.8 Å². The molecular weight excluding hydrogens is 416 g/mol. The number of rotatable bonds is 7. The van der Waals surface area contributed by atoms with E-state index in [2.05, 4.69) is 5.32 Å². The number of amides is 3. The molecule has 2 atom stereocenters. The predicted octanol–water partition coefficient (Wildman–Crippen LogP) is 1.18. The summed E-state index contributed by atoms with van der Waals surface area (Å²) >= 11 is 0. The maximum Gasteiger partial charge on any atom is 0.410 e. The summed E-state index contributed by atoms with van der Waals surface area (Å²) < 4.78 is 5.42. The summed E-state index contributed by atoms with van der Waals surface area (Å²) in [6, 6.07) is -1.14. The van der Waals surface area contributed by atoms with E-state index in [-0.39, 0.29) is 30.4 Å². The highest BCUT2D eigenvalue weighted by Gasteiger charge is 2.30. The molecule has 2 saturated heterocycles. The fourth-order valence-electron chi connectivity index (χ4n) is 4.08. The average molecular weight is 455 g/mol. The molecule has 2 fully saturated rings. The van der Waals surface area contributed by atoms with E-state index >= 15 is 0 Å². The van der Waals surface area contributed by atoms with Crippen molar-refractivity contribution in [1.29, 1.82) is 0 Å². The summed E-state index contributed by atoms with van der Waals surface area (Å²) in [6.45, 7) is 7.69. The SMILES string of the molecule is CC(C)(C)OC(=O)N1CCC(CCC(=O)N2CCCC(C(=O)NCC(N)C(=O)O)C2)CC1. The molecule has 32 heavy (non-hydrogen) atoms. The van der Waals surface area contributed by atoms with E-state index in [4.69, 9.17) is 15.6 Å². The first-order valence-electron chi connectivity index (χ1n) is 11.5. The van der Waals surface area contributed by atoms with Crippen LogP contribution in [0.2, 0.25) is 0 Å². The van der Waals surface area contributed by atoms with Crippen LogP contribution in [0.3, 0.4) is 0 Å². The zero-order valence-electron chi connectivity index (χ0n) is 19.5. The highest BCUT2D eigenvalue weighted by atomic mass is 16.6. The van der Waals surface area contributed by atoms with E-state index in [0.29, 0.717) is 44.9 Å². The Kier molecular flexibility index (Phi) is 9.30. The zero-order chi connectivity index (χ0) is 23.9. The van der Waals surface area contributed by atoms with Gasteiger partial charge in [-0.15, -0.1) is 0 Å². The molecule has 0 aromatic carbocycles. The van der Waals surface area contributed by atoms with Crippen molar-refractivity contribution in [2.45, 2.75) is 70.9 Å². The highest BCUT2D eigenvalue weighted by molar-refractivity contribution is 5.82. The van der Waals surface area contributed by atoms with Crippen molar-refractivity contribution in [2.75, 3.05) is 32.7 Å². The number of hydrogen-bond acceptors (Lipinski definition) is 6. The molecule has 0 aromatic heterocycles. The first-order valence-corrected chi connectivity index (χ1v) is 11.5. The molecule has 4 N–H and O–H groups in total. The first-order chi connectivity index (χ1) is 15.0. The first kappa shape index (κ1) is 25.9. The summed E-state index contributed by atoms with van der Waals surface area (Å²) in [4.78, 5) is 51.5. The molecule has 10 heteroatoms. The second-order valence-electron chi connectivity index (χ2n) is 9.82. The van der Waals surface area contributed by atoms with Gasteiger partial charge < -0.3 is 30.7 Å². The molecule has 3 amide bonds. The lowest BCUT2D eigenvalue weighted by molar-refractivity contribution is -0.138. The largest absolute Gasteiger partial charge is 0.480 e. The Labute approximate surface area is 189 Å². The van der Waals surface area contributed by atoms with Crippen molar-refractivity contribution in [2.24, 2.45) is 17.6 Å². The van der Waals surface area contributed by atoms with Crippen LogP contribution in [-0.2, 0) is 19.1 Å². The maximum atomic E-state index is 12.7. The molecule has 0 spiro atoms. The van der Waals surface area contributed by atoms with Gasteiger partial charge in [-0.3, -0.25) is 14.4 Å². The van der Waals surface area contributed by atoms with Crippen LogP contribution < -0.4 is 11.1 Å². The van der Waals surface area contributed by atoms with Crippen molar-refractivity contribution >= 4 is 23.9 Å². The molecule has 0 bridgehead atoms. The van der Waals surface area contributed by atoms with Gasteiger partial charge in [-0.1, -0.05) is 0 Å². The number of hydrogen-bond donors (Lipinski definition) is 3. The number of nitrogens with two attached hydrogens (primary N) is 1. The Balaban J connectivity index is 1.71. The zero-order valence-corrected chi connectivity index (χ0v) is 19.5. The van der Waals surface area contributed by atoms with Crippen LogP contribution >= 0.6 is 0 Å². The predicted molar refractivity (Wildman–Crippen MR) is 118 cm³/mol. The Hall–Kier alpha value is -2.36. The summed E-state index contributed by atoms with van der Waals surface area (Å²) in [5.74, 6) is -1.33. The summed E-state index contributed by atoms with van der Waals surface area (Å²) in [5, 5.41) is 11.4. The monoisotopic (exact) mass is 454 g/mol. The molecule has 2 heterocycles. The van der Waals surface area contributed by atoms with Crippen molar-refractivity contribution in [3.05, 3.63) is 0 Å². The molecule has 0 aromatic rings. The molecular formula is C22H38N4O6. The van der Waals surface area contributed by atoms with Crippen LogP contribution in [-0.4, -0.2) is 83.1 Å². The van der Waals surface area contributed by atoms with Gasteiger partial charge >= 0.3 is 12.1 Å². The third kappa shape index (κ3) is 8.29. The van der Waals surface area contributed by atoms with E-state index in [0.717, 1.165) is 25.7 Å². The number of nitrogens with one attached hydrogen (secondary N) is 1. The standard InChI is InChI=1S/C22H38N4O6/c1-22(2,3)32-21(31)25-11-8-15(9-12-25)6-7-18(27)26-10-4-5-16(14-26)19(28)24-13-17(23)20(29)30/h15-17H,4-14,23H2,1-3H3,(H,24,28)(H,29,30). The number of nitrogens with zero attached hydrogens (tertiary/aromatic N) is 2. The second kappa shape index (κ2) is 11.5. The number of carboxylic acid groups (broad SMARTS) is 1. The van der Waals surface area contributed by atoms with E-state index in [1.807, 2.05) is 20.8 Å². The van der Waals surface area contributed by atoms with Gasteiger partial charge in [0, 0.05) is 39.1 Å². The third-order valence-corrected chi connectivity index (χ3v) is 5.99. The Bertz CT molecular complexity index is 684. The van der Waals surface area contributed by atoms with E-state index in [1.165, 1.54) is 0 Å². The fourth-order valence-corrected chi connectivity index (χ4v) is 4.08. The van der Waals surface area contributed by atoms with Crippen LogP contribution in [0.5, 0.6) is 0 Å². The van der Waals surface area contributed by atoms with Crippen molar-refractivity contribution < 1.29 is 29.0 Å². The third-order valence-electron chi connectivity index (χ3n) is 5.99. The smallest absolute Gasteiger partial charge is 0.410 e. The normalized spacial score (nSPS) is 21.1. The van der Waals surface area contributed by atoms with Crippen molar-refractivity contribution in [3.63, 3.8) is 0 Å². The van der Waals surface area contributed by atoms with Crippen LogP contribution in [0, 0.1) is 11.8 Å². The van der Waals surface area contributed by atoms with Gasteiger partial charge in [-0.25, -0.2) is 4.79 Å². The average Bonchev–Trinajstić information content (AvgIpc) is 2.74. The minimum Gasteiger partial charge on any atom is -0.480 e. The van der Waals surface area contributed by atoms with Crippen LogP contribution in [0.25, 0.3) is 0 Å². The number of piperidine rings is 2. The number of aliphatic carboxylic acids is 1. The molecule has 0 aliphatic carbocycles. The fraction of sp³-hybridized carbons (Fsp3) is 0.818. The lowest BCUT2D eigenvalue weighted by atomic mass is 9.91. The summed E-state index contributed by atoms with van der Waals surface area (Å²) in [5.41, 5.74) is 4.92. The van der Waals surface area contributed by atoms with Gasteiger partial charge in [-0.2, -0.15) is 0 Å². The quantitative estimate of drug-likeness (QED) is 0.524. The number of carboxylic acids is 1.